The number of ether oxygens (including phenoxy) is 1. The molecule has 2 aromatic heterocycles. The number of carbonyl (C=O) groups excluding carboxylic acids is 1. The molecule has 0 bridgehead atoms. The van der Waals surface area contributed by atoms with Crippen LogP contribution in [0.4, 0.5) is 9.18 Å². The van der Waals surface area contributed by atoms with Gasteiger partial charge in [0.15, 0.2) is 5.52 Å². The second-order valence-corrected chi connectivity index (χ2v) is 9.64. The molecule has 14 heteroatoms. The number of hydrogen-bond acceptors (Lipinski definition) is 8. The molecule has 0 saturated carbocycles. The lowest BCUT2D eigenvalue weighted by Gasteiger charge is -2.29. The second kappa shape index (κ2) is 9.44. The van der Waals surface area contributed by atoms with Crippen LogP contribution in [-0.2, 0) is 21.9 Å². The lowest BCUT2D eigenvalue weighted by atomic mass is 10.1. The summed E-state index contributed by atoms with van der Waals surface area (Å²) in [6.07, 6.45) is 0.938. The van der Waals surface area contributed by atoms with Crippen molar-refractivity contribution in [2.75, 3.05) is 13.1 Å². The molecule has 12 nitrogen and oxygen atoms in total. The zero-order valence-corrected chi connectivity index (χ0v) is 19.7. The van der Waals surface area contributed by atoms with Crippen LogP contribution in [0.3, 0.4) is 0 Å². The minimum atomic E-state index is -4.21. The van der Waals surface area contributed by atoms with Gasteiger partial charge in [-0.15, -0.1) is 0 Å². The maximum absolute atomic E-state index is 15.1. The quantitative estimate of drug-likeness (QED) is 0.510. The van der Waals surface area contributed by atoms with Crippen molar-refractivity contribution in [3.63, 3.8) is 0 Å². The number of likely N-dealkylation sites (tertiary alicyclic amines) is 1. The van der Waals surface area contributed by atoms with Gasteiger partial charge in [0, 0.05) is 45.0 Å². The van der Waals surface area contributed by atoms with Gasteiger partial charge in [-0.25, -0.2) is 27.3 Å². The molecule has 1 aliphatic rings. The first-order valence-corrected chi connectivity index (χ1v) is 12.3. The van der Waals surface area contributed by atoms with E-state index in [1.165, 1.54) is 35.0 Å². The Morgan fingerprint density at radius 2 is 1.94 bits per heavy atom. The van der Waals surface area contributed by atoms with E-state index in [1.807, 2.05) is 4.72 Å². The molecular formula is C21H23FN6O6S. The zero-order chi connectivity index (χ0) is 25.3. The fourth-order valence-corrected chi connectivity index (χ4v) is 4.89. The number of carboxylic acid groups (broad SMARTS) is 1. The third-order valence-corrected chi connectivity index (χ3v) is 7.02. The van der Waals surface area contributed by atoms with Crippen LogP contribution >= 0.6 is 0 Å². The number of amides is 2. The molecule has 0 atom stereocenters. The highest BCUT2D eigenvalue weighted by molar-refractivity contribution is 7.90. The summed E-state index contributed by atoms with van der Waals surface area (Å²) < 4.78 is 49.0. The predicted molar refractivity (Wildman–Crippen MR) is 121 cm³/mol. The average molecular weight is 507 g/mol. The Kier molecular flexibility index (Phi) is 6.56. The summed E-state index contributed by atoms with van der Waals surface area (Å²) in [4.78, 5) is 31.9. The smallest absolute Gasteiger partial charge is 0.407 e. The minimum Gasteiger partial charge on any atom is -0.473 e. The molecule has 186 valence electrons. The van der Waals surface area contributed by atoms with Crippen molar-refractivity contribution in [2.24, 2.45) is 7.05 Å². The summed E-state index contributed by atoms with van der Waals surface area (Å²) in [5, 5.41) is 13.5. The number of hydrogen-bond donors (Lipinski definition) is 2. The molecule has 2 N–H and O–H groups in total. The molecule has 0 aliphatic carbocycles. The van der Waals surface area contributed by atoms with E-state index in [2.05, 4.69) is 15.1 Å². The molecule has 1 fully saturated rings. The lowest BCUT2D eigenvalue weighted by molar-refractivity contribution is -0.119. The fraction of sp³-hybridized carbons (Fsp3) is 0.381. The highest BCUT2D eigenvalue weighted by Crippen LogP contribution is 2.33. The Morgan fingerprint density at radius 3 is 2.57 bits per heavy atom. The number of benzene rings is 1. The molecule has 3 heterocycles. The van der Waals surface area contributed by atoms with E-state index in [0.717, 1.165) is 6.07 Å². The normalized spacial score (nSPS) is 14.8. The van der Waals surface area contributed by atoms with Crippen LogP contribution in [0, 0.1) is 5.82 Å². The topological polar surface area (TPSA) is 157 Å². The van der Waals surface area contributed by atoms with E-state index in [-0.39, 0.29) is 35.2 Å². The maximum atomic E-state index is 15.1. The van der Waals surface area contributed by atoms with Gasteiger partial charge in [0.1, 0.15) is 23.8 Å². The molecule has 3 aromatic rings. The largest absolute Gasteiger partial charge is 0.473 e. The van der Waals surface area contributed by atoms with E-state index in [9.17, 15) is 18.0 Å². The first-order valence-electron chi connectivity index (χ1n) is 10.8. The first kappa shape index (κ1) is 24.3. The van der Waals surface area contributed by atoms with Crippen LogP contribution in [0.25, 0.3) is 22.3 Å². The second-order valence-electron chi connectivity index (χ2n) is 7.96. The van der Waals surface area contributed by atoms with Crippen molar-refractivity contribution in [1.82, 2.24) is 29.4 Å². The molecule has 0 spiro atoms. The van der Waals surface area contributed by atoms with Crippen LogP contribution in [0.1, 0.15) is 26.2 Å². The highest BCUT2D eigenvalue weighted by Gasteiger charge is 2.27. The number of fused-ring (bicyclic) bond motifs is 1. The van der Waals surface area contributed by atoms with E-state index in [4.69, 9.17) is 9.84 Å². The standard InChI is InChI=1S/C21H23FN6O6S/c1-3-16(29)26-35(32,33)13-4-5-14(15(22)10-13)19-17-18(25-27(19)2)20(24-11-23-17)34-12-6-8-28(9-7-12)21(30)31/h4-5,10-12H,3,6-9H2,1-2H3,(H,26,29)(H,30,31). The van der Waals surface area contributed by atoms with E-state index < -0.39 is 32.7 Å². The summed E-state index contributed by atoms with van der Waals surface area (Å²) in [5.74, 6) is -1.36. The Labute approximate surface area is 199 Å². The predicted octanol–water partition coefficient (Wildman–Crippen LogP) is 1.91. The Balaban J connectivity index is 1.64. The van der Waals surface area contributed by atoms with Gasteiger partial charge in [-0.3, -0.25) is 9.48 Å². The van der Waals surface area contributed by atoms with Crippen molar-refractivity contribution in [3.05, 3.63) is 30.3 Å². The zero-order valence-electron chi connectivity index (χ0n) is 18.9. The van der Waals surface area contributed by atoms with Crippen molar-refractivity contribution in [2.45, 2.75) is 37.2 Å². The number of halogens is 1. The van der Waals surface area contributed by atoms with Crippen LogP contribution in [0.15, 0.2) is 29.4 Å². The first-order chi connectivity index (χ1) is 16.6. The fourth-order valence-electron chi connectivity index (χ4n) is 3.83. The Morgan fingerprint density at radius 1 is 1.23 bits per heavy atom. The van der Waals surface area contributed by atoms with Gasteiger partial charge in [-0.1, -0.05) is 6.92 Å². The number of carbonyl (C=O) groups is 2. The molecule has 0 unspecified atom stereocenters. The Hall–Kier alpha value is -3.81. The van der Waals surface area contributed by atoms with Gasteiger partial charge in [0.2, 0.25) is 11.8 Å². The molecule has 35 heavy (non-hydrogen) atoms. The van der Waals surface area contributed by atoms with Gasteiger partial charge in [0.05, 0.1) is 10.6 Å². The van der Waals surface area contributed by atoms with Crippen molar-refractivity contribution in [3.8, 4) is 17.1 Å². The van der Waals surface area contributed by atoms with Gasteiger partial charge in [-0.05, 0) is 18.2 Å². The molecular weight excluding hydrogens is 483 g/mol. The van der Waals surface area contributed by atoms with E-state index >= 15 is 4.39 Å². The number of rotatable bonds is 6. The number of nitrogens with one attached hydrogen (secondary N) is 1. The third kappa shape index (κ3) is 4.87. The van der Waals surface area contributed by atoms with Crippen molar-refractivity contribution < 1.29 is 32.2 Å². The van der Waals surface area contributed by atoms with Crippen LogP contribution < -0.4 is 9.46 Å². The number of aryl methyl sites for hydroxylation is 1. The molecule has 1 aromatic carbocycles. The summed E-state index contributed by atoms with van der Waals surface area (Å²) >= 11 is 0. The maximum Gasteiger partial charge on any atom is 0.407 e. The molecule has 0 radical (unpaired) electrons. The van der Waals surface area contributed by atoms with Gasteiger partial charge < -0.3 is 14.7 Å². The number of piperidine rings is 1. The molecule has 2 amide bonds. The SMILES string of the molecule is CCC(=O)NS(=O)(=O)c1ccc(-c2c3ncnc(OC4CCN(C(=O)O)CC4)c3nn2C)c(F)c1. The summed E-state index contributed by atoms with van der Waals surface area (Å²) in [5.41, 5.74) is 0.924. The minimum absolute atomic E-state index is 0.0381. The lowest BCUT2D eigenvalue weighted by Crippen LogP contribution is -2.41. The van der Waals surface area contributed by atoms with Crippen LogP contribution in [0.5, 0.6) is 5.88 Å². The van der Waals surface area contributed by atoms with Crippen molar-refractivity contribution in [1.29, 1.82) is 0 Å². The molecule has 1 saturated heterocycles. The summed E-state index contributed by atoms with van der Waals surface area (Å²) in [6, 6.07) is 3.30. The monoisotopic (exact) mass is 506 g/mol. The third-order valence-electron chi connectivity index (χ3n) is 5.65. The van der Waals surface area contributed by atoms with Crippen LogP contribution in [0.2, 0.25) is 0 Å². The van der Waals surface area contributed by atoms with Crippen LogP contribution in [-0.4, -0.2) is 69.4 Å². The van der Waals surface area contributed by atoms with Crippen molar-refractivity contribution >= 4 is 33.1 Å². The number of aromatic nitrogens is 4. The number of nitrogens with zero attached hydrogens (tertiary/aromatic N) is 5. The van der Waals surface area contributed by atoms with Gasteiger partial charge >= 0.3 is 6.09 Å². The van der Waals surface area contributed by atoms with E-state index in [1.54, 1.807) is 7.05 Å². The van der Waals surface area contributed by atoms with E-state index in [0.29, 0.717) is 31.4 Å². The van der Waals surface area contributed by atoms with Gasteiger partial charge in [0.25, 0.3) is 10.0 Å². The summed E-state index contributed by atoms with van der Waals surface area (Å²) in [6.45, 7) is 2.17. The number of sulfonamides is 1. The Bertz CT molecular complexity index is 1400. The average Bonchev–Trinajstić information content (AvgIpc) is 3.15. The summed E-state index contributed by atoms with van der Waals surface area (Å²) in [7, 11) is -2.63. The molecule has 1 aliphatic heterocycles. The molecule has 4 rings (SSSR count). The van der Waals surface area contributed by atoms with Gasteiger partial charge in [-0.2, -0.15) is 10.1 Å². The highest BCUT2D eigenvalue weighted by atomic mass is 32.2.